The number of nitrogens with one attached hydrogen (secondary N) is 1. The van der Waals surface area contributed by atoms with Crippen molar-refractivity contribution in [1.82, 2.24) is 15.1 Å². The van der Waals surface area contributed by atoms with Gasteiger partial charge in [-0.25, -0.2) is 4.79 Å². The lowest BCUT2D eigenvalue weighted by Gasteiger charge is -2.12. The minimum atomic E-state index is -0.823. The monoisotopic (exact) mass is 385 g/mol. The summed E-state index contributed by atoms with van der Waals surface area (Å²) in [5.41, 5.74) is 2.01. The standard InChI is InChI=1S/C20H23N3O3S/c1-4-10-21-18(24)14(3)26-20(25)17-11-16-13(2)22-23(19(16)27-17)12-15-8-6-5-7-9-15/h5-9,11,14H,4,10,12H2,1-3H3,(H,21,24)/t14-/m0/s1. The molecule has 0 radical (unpaired) electrons. The Kier molecular flexibility index (Phi) is 5.91. The lowest BCUT2D eigenvalue weighted by Crippen LogP contribution is -2.36. The maximum Gasteiger partial charge on any atom is 0.349 e. The SMILES string of the molecule is CCCNC(=O)[C@H](C)OC(=O)c1cc2c(C)nn(Cc3ccccc3)c2s1. The van der Waals surface area contributed by atoms with E-state index in [9.17, 15) is 9.59 Å². The van der Waals surface area contributed by atoms with Crippen LogP contribution in [0.2, 0.25) is 0 Å². The molecule has 1 amide bonds. The zero-order valence-electron chi connectivity index (χ0n) is 15.7. The van der Waals surface area contributed by atoms with Crippen LogP contribution in [0, 0.1) is 6.92 Å². The number of ether oxygens (including phenoxy) is 1. The molecule has 0 aliphatic rings. The second-order valence-corrected chi connectivity index (χ2v) is 7.43. The Balaban J connectivity index is 1.77. The second-order valence-electron chi connectivity index (χ2n) is 6.40. The number of esters is 1. The van der Waals surface area contributed by atoms with E-state index in [-0.39, 0.29) is 5.91 Å². The minimum Gasteiger partial charge on any atom is -0.448 e. The molecule has 7 heteroatoms. The fraction of sp³-hybridized carbons (Fsp3) is 0.350. The van der Waals surface area contributed by atoms with Crippen molar-refractivity contribution >= 4 is 33.4 Å². The molecule has 1 N–H and O–H groups in total. The van der Waals surface area contributed by atoms with E-state index in [0.29, 0.717) is 18.0 Å². The molecule has 0 aliphatic heterocycles. The fourth-order valence-corrected chi connectivity index (χ4v) is 3.78. The Labute approximate surface area is 162 Å². The number of amides is 1. The Hall–Kier alpha value is -2.67. The molecule has 2 heterocycles. The molecule has 0 spiro atoms. The number of aromatic nitrogens is 2. The zero-order valence-corrected chi connectivity index (χ0v) is 16.5. The molecule has 0 unspecified atom stereocenters. The van der Waals surface area contributed by atoms with Crippen LogP contribution in [0.1, 0.15) is 41.2 Å². The first-order valence-corrected chi connectivity index (χ1v) is 9.80. The molecule has 3 aromatic rings. The molecule has 27 heavy (non-hydrogen) atoms. The maximum atomic E-state index is 12.5. The predicted molar refractivity (Wildman–Crippen MR) is 106 cm³/mol. The molecule has 6 nitrogen and oxygen atoms in total. The summed E-state index contributed by atoms with van der Waals surface area (Å²) in [6.07, 6.45) is 0.0103. The number of hydrogen-bond acceptors (Lipinski definition) is 5. The molecular formula is C20H23N3O3S. The van der Waals surface area contributed by atoms with Gasteiger partial charge in [-0.3, -0.25) is 9.48 Å². The number of rotatable bonds is 7. The van der Waals surface area contributed by atoms with Crippen LogP contribution in [0.25, 0.3) is 10.2 Å². The van der Waals surface area contributed by atoms with Crippen molar-refractivity contribution in [3.63, 3.8) is 0 Å². The zero-order chi connectivity index (χ0) is 19.4. The number of nitrogens with zero attached hydrogens (tertiary/aromatic N) is 2. The van der Waals surface area contributed by atoms with Crippen LogP contribution in [0.4, 0.5) is 0 Å². The molecule has 2 aromatic heterocycles. The van der Waals surface area contributed by atoms with Crippen LogP contribution < -0.4 is 5.32 Å². The first-order valence-electron chi connectivity index (χ1n) is 8.99. The van der Waals surface area contributed by atoms with Crippen LogP contribution in [0.3, 0.4) is 0 Å². The quantitative estimate of drug-likeness (QED) is 0.632. The Bertz CT molecular complexity index is 946. The molecule has 0 bridgehead atoms. The largest absolute Gasteiger partial charge is 0.448 e. The van der Waals surface area contributed by atoms with Gasteiger partial charge in [0.2, 0.25) is 0 Å². The van der Waals surface area contributed by atoms with E-state index in [4.69, 9.17) is 4.74 Å². The van der Waals surface area contributed by atoms with E-state index >= 15 is 0 Å². The van der Waals surface area contributed by atoms with Gasteiger partial charge in [-0.1, -0.05) is 37.3 Å². The van der Waals surface area contributed by atoms with Gasteiger partial charge in [0.1, 0.15) is 9.71 Å². The Morgan fingerprint density at radius 2 is 2.04 bits per heavy atom. The molecule has 0 aliphatic carbocycles. The third kappa shape index (κ3) is 4.36. The van der Waals surface area contributed by atoms with Crippen molar-refractivity contribution in [2.75, 3.05) is 6.54 Å². The highest BCUT2D eigenvalue weighted by atomic mass is 32.1. The van der Waals surface area contributed by atoms with Gasteiger partial charge in [0.05, 0.1) is 12.2 Å². The number of carbonyl (C=O) groups is 2. The first-order chi connectivity index (χ1) is 13.0. The molecule has 0 saturated heterocycles. The highest BCUT2D eigenvalue weighted by Crippen LogP contribution is 2.29. The van der Waals surface area contributed by atoms with E-state index in [2.05, 4.69) is 10.4 Å². The van der Waals surface area contributed by atoms with E-state index in [0.717, 1.165) is 27.9 Å². The summed E-state index contributed by atoms with van der Waals surface area (Å²) in [5, 5.41) is 8.24. The molecule has 0 saturated carbocycles. The number of fused-ring (bicyclic) bond motifs is 1. The van der Waals surface area contributed by atoms with Crippen LogP contribution >= 0.6 is 11.3 Å². The van der Waals surface area contributed by atoms with Gasteiger partial charge >= 0.3 is 5.97 Å². The van der Waals surface area contributed by atoms with Gasteiger partial charge in [0, 0.05) is 11.9 Å². The molecule has 1 atom stereocenters. The van der Waals surface area contributed by atoms with E-state index in [1.165, 1.54) is 11.3 Å². The average Bonchev–Trinajstić information content (AvgIpc) is 3.22. The lowest BCUT2D eigenvalue weighted by molar-refractivity contribution is -0.129. The summed E-state index contributed by atoms with van der Waals surface area (Å²) in [5.74, 6) is -0.765. The topological polar surface area (TPSA) is 73.2 Å². The van der Waals surface area contributed by atoms with Crippen molar-refractivity contribution in [2.45, 2.75) is 39.8 Å². The van der Waals surface area contributed by atoms with Gasteiger partial charge in [0.15, 0.2) is 6.10 Å². The molecule has 3 rings (SSSR count). The van der Waals surface area contributed by atoms with Crippen LogP contribution in [0.5, 0.6) is 0 Å². The molecule has 1 aromatic carbocycles. The normalized spacial score (nSPS) is 12.1. The molecule has 0 fully saturated rings. The minimum absolute atomic E-state index is 0.280. The van der Waals surface area contributed by atoms with Gasteiger partial charge in [-0.05, 0) is 31.9 Å². The third-order valence-electron chi connectivity index (χ3n) is 4.19. The summed E-state index contributed by atoms with van der Waals surface area (Å²) in [6, 6.07) is 11.8. The molecule has 142 valence electrons. The van der Waals surface area contributed by atoms with Crippen molar-refractivity contribution in [1.29, 1.82) is 0 Å². The van der Waals surface area contributed by atoms with Crippen LogP contribution in [-0.2, 0) is 16.1 Å². The summed E-state index contributed by atoms with van der Waals surface area (Å²) in [4.78, 5) is 25.8. The maximum absolute atomic E-state index is 12.5. The summed E-state index contributed by atoms with van der Waals surface area (Å²) in [7, 11) is 0. The number of benzene rings is 1. The predicted octanol–water partition coefficient (Wildman–Crippen LogP) is 3.53. The van der Waals surface area contributed by atoms with Crippen molar-refractivity contribution in [3.05, 3.63) is 52.5 Å². The Morgan fingerprint density at radius 1 is 1.30 bits per heavy atom. The number of thiophene rings is 1. The number of aryl methyl sites for hydroxylation is 1. The average molecular weight is 385 g/mol. The van der Waals surface area contributed by atoms with Gasteiger partial charge in [-0.2, -0.15) is 5.10 Å². The van der Waals surface area contributed by atoms with Crippen molar-refractivity contribution in [2.24, 2.45) is 0 Å². The molecular weight excluding hydrogens is 362 g/mol. The van der Waals surface area contributed by atoms with Crippen molar-refractivity contribution < 1.29 is 14.3 Å². The van der Waals surface area contributed by atoms with Gasteiger partial charge in [-0.15, -0.1) is 11.3 Å². The van der Waals surface area contributed by atoms with Crippen molar-refractivity contribution in [3.8, 4) is 0 Å². The van der Waals surface area contributed by atoms with E-state index in [1.807, 2.05) is 48.9 Å². The van der Waals surface area contributed by atoms with Crippen LogP contribution in [-0.4, -0.2) is 34.3 Å². The van der Waals surface area contributed by atoms with Gasteiger partial charge < -0.3 is 10.1 Å². The third-order valence-corrected chi connectivity index (χ3v) is 5.31. The second kappa shape index (κ2) is 8.35. The highest BCUT2D eigenvalue weighted by molar-refractivity contribution is 7.20. The van der Waals surface area contributed by atoms with Gasteiger partial charge in [0.25, 0.3) is 5.91 Å². The number of hydrogen-bond donors (Lipinski definition) is 1. The smallest absolute Gasteiger partial charge is 0.349 e. The highest BCUT2D eigenvalue weighted by Gasteiger charge is 2.22. The summed E-state index contributed by atoms with van der Waals surface area (Å²) >= 11 is 1.34. The fourth-order valence-electron chi connectivity index (χ4n) is 2.74. The van der Waals surface area contributed by atoms with E-state index < -0.39 is 12.1 Å². The Morgan fingerprint density at radius 3 is 2.74 bits per heavy atom. The number of carbonyl (C=O) groups excluding carboxylic acids is 2. The summed E-state index contributed by atoms with van der Waals surface area (Å²) in [6.45, 7) is 6.68. The summed E-state index contributed by atoms with van der Waals surface area (Å²) < 4.78 is 7.22. The van der Waals surface area contributed by atoms with E-state index in [1.54, 1.807) is 13.0 Å². The van der Waals surface area contributed by atoms with Crippen LogP contribution in [0.15, 0.2) is 36.4 Å². The lowest BCUT2D eigenvalue weighted by atomic mass is 10.2. The first kappa shape index (κ1) is 19.1.